The summed E-state index contributed by atoms with van der Waals surface area (Å²) in [5.74, 6) is 0.205. The van der Waals surface area contributed by atoms with Gasteiger partial charge in [-0.15, -0.1) is 15.0 Å². The first-order valence-corrected chi connectivity index (χ1v) is 15.8. The van der Waals surface area contributed by atoms with Gasteiger partial charge < -0.3 is 5.11 Å². The molecule has 1 heterocycles. The Hall–Kier alpha value is -4.70. The maximum Gasteiger partial charge on any atom is 0.147 e. The minimum atomic E-state index is -0.445. The van der Waals surface area contributed by atoms with Gasteiger partial charge in [-0.3, -0.25) is 0 Å². The van der Waals surface area contributed by atoms with E-state index in [0.29, 0.717) is 5.69 Å². The van der Waals surface area contributed by atoms with Crippen LogP contribution in [0, 0.1) is 5.41 Å². The van der Waals surface area contributed by atoms with Crippen molar-refractivity contribution in [2.45, 2.75) is 65.7 Å². The van der Waals surface area contributed by atoms with E-state index in [1.165, 1.54) is 11.1 Å². The fraction of sp³-hybridized carbons (Fsp3) is 0.268. The zero-order valence-electron chi connectivity index (χ0n) is 27.5. The molecule has 0 amide bonds. The molecule has 0 bridgehead atoms. The molecular formula is C41H43N3O. The highest BCUT2D eigenvalue weighted by molar-refractivity contribution is 5.82. The standard InChI is InChI=1S/C41H43N3O/c1-39(2,3)27-40(4,5)33-25-34(41(6,7)32-16-12-9-13-17-32)38(45)37(26-33)44-42-35-23-22-31(24-36(35)43-44)30-20-18-29(19-21-30)28-14-10-8-11-15-28/h8-26,45H,27H2,1-7H3. The smallest absolute Gasteiger partial charge is 0.147 e. The summed E-state index contributed by atoms with van der Waals surface area (Å²) in [6.45, 7) is 15.7. The molecule has 0 unspecified atom stereocenters. The first-order chi connectivity index (χ1) is 21.3. The summed E-state index contributed by atoms with van der Waals surface area (Å²) in [7, 11) is 0. The Labute approximate surface area is 267 Å². The molecule has 4 nitrogen and oxygen atoms in total. The number of rotatable bonds is 7. The number of aromatic hydroxyl groups is 1. The van der Waals surface area contributed by atoms with Crippen molar-refractivity contribution in [1.82, 2.24) is 15.0 Å². The number of benzene rings is 5. The summed E-state index contributed by atoms with van der Waals surface area (Å²) >= 11 is 0. The number of aromatic nitrogens is 3. The number of fused-ring (bicyclic) bond motifs is 1. The molecule has 0 spiro atoms. The van der Waals surface area contributed by atoms with Crippen LogP contribution in [-0.4, -0.2) is 20.1 Å². The van der Waals surface area contributed by atoms with Gasteiger partial charge in [0.2, 0.25) is 0 Å². The van der Waals surface area contributed by atoms with Gasteiger partial charge in [-0.2, -0.15) is 0 Å². The molecule has 0 fully saturated rings. The normalized spacial score (nSPS) is 12.5. The number of nitrogens with zero attached hydrogens (tertiary/aromatic N) is 3. The number of hydrogen-bond donors (Lipinski definition) is 1. The molecule has 6 rings (SSSR count). The van der Waals surface area contributed by atoms with E-state index in [-0.39, 0.29) is 16.6 Å². The first-order valence-electron chi connectivity index (χ1n) is 15.8. The van der Waals surface area contributed by atoms with E-state index >= 15 is 0 Å². The van der Waals surface area contributed by atoms with Crippen LogP contribution in [0.15, 0.2) is 115 Å². The van der Waals surface area contributed by atoms with Crippen LogP contribution in [0.1, 0.15) is 71.6 Å². The molecule has 5 aromatic carbocycles. The van der Waals surface area contributed by atoms with Crippen LogP contribution >= 0.6 is 0 Å². The zero-order chi connectivity index (χ0) is 32.0. The van der Waals surface area contributed by atoms with Gasteiger partial charge in [0, 0.05) is 11.0 Å². The summed E-state index contributed by atoms with van der Waals surface area (Å²) < 4.78 is 0. The molecule has 4 heteroatoms. The Bertz CT molecular complexity index is 1940. The quantitative estimate of drug-likeness (QED) is 0.200. The summed E-state index contributed by atoms with van der Waals surface area (Å²) in [4.78, 5) is 1.61. The van der Waals surface area contributed by atoms with Crippen molar-refractivity contribution in [1.29, 1.82) is 0 Å². The molecule has 0 saturated carbocycles. The highest BCUT2D eigenvalue weighted by Crippen LogP contribution is 2.45. The van der Waals surface area contributed by atoms with E-state index < -0.39 is 5.41 Å². The van der Waals surface area contributed by atoms with E-state index in [9.17, 15) is 5.11 Å². The molecule has 45 heavy (non-hydrogen) atoms. The number of phenolic OH excluding ortho intramolecular Hbond substituents is 1. The van der Waals surface area contributed by atoms with Gasteiger partial charge in [-0.1, -0.05) is 146 Å². The Kier molecular flexibility index (Phi) is 7.64. The van der Waals surface area contributed by atoms with Crippen molar-refractivity contribution in [2.24, 2.45) is 5.41 Å². The van der Waals surface area contributed by atoms with Gasteiger partial charge in [0.25, 0.3) is 0 Å². The van der Waals surface area contributed by atoms with Crippen molar-refractivity contribution >= 4 is 11.0 Å². The molecule has 0 saturated heterocycles. The summed E-state index contributed by atoms with van der Waals surface area (Å²) in [6, 6.07) is 39.9. The lowest BCUT2D eigenvalue weighted by Crippen LogP contribution is -2.27. The maximum absolute atomic E-state index is 11.9. The fourth-order valence-corrected chi connectivity index (χ4v) is 6.76. The van der Waals surface area contributed by atoms with Crippen LogP contribution in [-0.2, 0) is 10.8 Å². The second-order valence-corrected chi connectivity index (χ2v) is 14.6. The lowest BCUT2D eigenvalue weighted by atomic mass is 9.70. The van der Waals surface area contributed by atoms with Crippen molar-refractivity contribution in [3.63, 3.8) is 0 Å². The number of hydrogen-bond acceptors (Lipinski definition) is 3. The van der Waals surface area contributed by atoms with Crippen molar-refractivity contribution in [3.05, 3.63) is 132 Å². The topological polar surface area (TPSA) is 50.9 Å². The van der Waals surface area contributed by atoms with E-state index in [4.69, 9.17) is 10.2 Å². The molecule has 0 aliphatic heterocycles. The average molecular weight is 594 g/mol. The molecule has 0 aliphatic carbocycles. The van der Waals surface area contributed by atoms with Crippen LogP contribution in [0.5, 0.6) is 5.75 Å². The molecule has 0 aliphatic rings. The van der Waals surface area contributed by atoms with Gasteiger partial charge >= 0.3 is 0 Å². The van der Waals surface area contributed by atoms with Crippen molar-refractivity contribution < 1.29 is 5.11 Å². The van der Waals surface area contributed by atoms with Crippen LogP contribution in [0.4, 0.5) is 0 Å². The Balaban J connectivity index is 1.44. The van der Waals surface area contributed by atoms with E-state index in [1.807, 2.05) is 18.2 Å². The fourth-order valence-electron chi connectivity index (χ4n) is 6.76. The molecule has 0 radical (unpaired) electrons. The van der Waals surface area contributed by atoms with E-state index in [1.54, 1.807) is 4.80 Å². The van der Waals surface area contributed by atoms with Crippen molar-refractivity contribution in [3.8, 4) is 33.7 Å². The van der Waals surface area contributed by atoms with Gasteiger partial charge in [0.05, 0.1) is 0 Å². The molecule has 0 atom stereocenters. The molecule has 6 aromatic rings. The molecule has 1 aromatic heterocycles. The average Bonchev–Trinajstić information content (AvgIpc) is 3.44. The molecular weight excluding hydrogens is 550 g/mol. The first kappa shape index (κ1) is 30.3. The third-order valence-corrected chi connectivity index (χ3v) is 8.93. The monoisotopic (exact) mass is 593 g/mol. The molecule has 1 N–H and O–H groups in total. The van der Waals surface area contributed by atoms with Crippen LogP contribution in [0.25, 0.3) is 39.0 Å². The summed E-state index contributed by atoms with van der Waals surface area (Å²) in [5, 5.41) is 21.7. The summed E-state index contributed by atoms with van der Waals surface area (Å²) in [5.41, 5.74) is 9.43. The second kappa shape index (κ2) is 11.3. The van der Waals surface area contributed by atoms with Crippen LogP contribution < -0.4 is 0 Å². The summed E-state index contributed by atoms with van der Waals surface area (Å²) in [6.07, 6.45) is 0.982. The van der Waals surface area contributed by atoms with Gasteiger partial charge in [0.1, 0.15) is 22.5 Å². The zero-order valence-corrected chi connectivity index (χ0v) is 27.5. The lowest BCUT2D eigenvalue weighted by molar-refractivity contribution is 0.283. The lowest BCUT2D eigenvalue weighted by Gasteiger charge is -2.35. The third-order valence-electron chi connectivity index (χ3n) is 8.93. The van der Waals surface area contributed by atoms with E-state index in [0.717, 1.165) is 45.3 Å². The highest BCUT2D eigenvalue weighted by Gasteiger charge is 2.33. The largest absolute Gasteiger partial charge is 0.505 e. The maximum atomic E-state index is 11.9. The Morgan fingerprint density at radius 2 is 1.09 bits per heavy atom. The third kappa shape index (κ3) is 6.15. The predicted molar refractivity (Wildman–Crippen MR) is 187 cm³/mol. The van der Waals surface area contributed by atoms with Gasteiger partial charge in [0.15, 0.2) is 0 Å². The highest BCUT2D eigenvalue weighted by atomic mass is 16.3. The minimum Gasteiger partial charge on any atom is -0.505 e. The Morgan fingerprint density at radius 1 is 0.556 bits per heavy atom. The second-order valence-electron chi connectivity index (χ2n) is 14.6. The van der Waals surface area contributed by atoms with Crippen molar-refractivity contribution in [2.75, 3.05) is 0 Å². The van der Waals surface area contributed by atoms with Crippen LogP contribution in [0.2, 0.25) is 0 Å². The molecule has 228 valence electrons. The van der Waals surface area contributed by atoms with Gasteiger partial charge in [-0.25, -0.2) is 0 Å². The van der Waals surface area contributed by atoms with Crippen LogP contribution in [0.3, 0.4) is 0 Å². The Morgan fingerprint density at radius 3 is 1.71 bits per heavy atom. The van der Waals surface area contributed by atoms with Gasteiger partial charge in [-0.05, 0) is 68.8 Å². The SMILES string of the molecule is CC(C)(C)CC(C)(C)c1cc(-n2nc3ccc(-c4ccc(-c5ccccc5)cc4)cc3n2)c(O)c(C(C)(C)c2ccccc2)c1. The predicted octanol–water partition coefficient (Wildman–Crippen LogP) is 10.5. The minimum absolute atomic E-state index is 0.130. The number of phenols is 1. The van der Waals surface area contributed by atoms with E-state index in [2.05, 4.69) is 146 Å².